The number of non-ortho nitro benzene ring substituents is 2. The molecule has 3 rings (SSSR count). The van der Waals surface area contributed by atoms with Crippen molar-refractivity contribution in [3.63, 3.8) is 0 Å². The summed E-state index contributed by atoms with van der Waals surface area (Å²) in [6, 6.07) is 4.89. The van der Waals surface area contributed by atoms with Crippen LogP contribution in [0.4, 0.5) is 11.4 Å². The van der Waals surface area contributed by atoms with E-state index in [0.29, 0.717) is 11.1 Å². The Hall–Kier alpha value is -2.81. The number of benzene rings is 2. The van der Waals surface area contributed by atoms with Crippen molar-refractivity contribution in [1.82, 2.24) is 0 Å². The van der Waals surface area contributed by atoms with Gasteiger partial charge in [0.15, 0.2) is 0 Å². The van der Waals surface area contributed by atoms with E-state index < -0.39 is 20.7 Å². The van der Waals surface area contributed by atoms with Crippen LogP contribution in [0.2, 0.25) is 0 Å². The molecule has 1 aliphatic carbocycles. The van der Waals surface area contributed by atoms with Gasteiger partial charge in [-0.2, -0.15) is 0 Å². The molecule has 2 aromatic carbocycles. The molecule has 40 heavy (non-hydrogen) atoms. The molecule has 1 aliphatic rings. The molecule has 2 atom stereocenters. The van der Waals surface area contributed by atoms with Crippen LogP contribution in [0.15, 0.2) is 34.3 Å². The van der Waals surface area contributed by atoms with Crippen LogP contribution in [-0.4, -0.2) is 44.6 Å². The van der Waals surface area contributed by atoms with Crippen molar-refractivity contribution >= 4 is 23.8 Å². The van der Waals surface area contributed by atoms with Gasteiger partial charge in [0.2, 0.25) is 0 Å². The molecule has 0 spiro atoms. The molecular formula is C28H36BrCrN4O6-. The van der Waals surface area contributed by atoms with Gasteiger partial charge in [0, 0.05) is 76.3 Å². The zero-order valence-electron chi connectivity index (χ0n) is 23.5. The quantitative estimate of drug-likeness (QED) is 0.277. The standard InChI is InChI=1S/C28H36N4O6.BrH.Cr/c1-27(2,3)21-13-19(31(35)36)11-17(25(21)33)15-29-23-9-7-8-10-24(23)30-16-18-12-20(32(37)38)14-22(26(18)34)28(4,5)6;;/h11-16,23-24,33-34H,7-10H2,1-6H3;1H;/p-1/t23-,24-;;/m1../s1. The molecule has 1 saturated carbocycles. The topological polar surface area (TPSA) is 151 Å². The molecule has 0 radical (unpaired) electrons. The van der Waals surface area contributed by atoms with E-state index in [9.17, 15) is 30.4 Å². The summed E-state index contributed by atoms with van der Waals surface area (Å²) in [5.74, 6) is -0.0853. The Balaban J connectivity index is 0.00000400. The maximum Gasteiger partial charge on any atom is 0.270 e. The number of nitro benzene ring substituents is 2. The summed E-state index contributed by atoms with van der Waals surface area (Å²) >= 11 is 0. The molecule has 0 heterocycles. The summed E-state index contributed by atoms with van der Waals surface area (Å²) in [6.45, 7) is 11.2. The van der Waals surface area contributed by atoms with E-state index in [1.165, 1.54) is 36.7 Å². The monoisotopic (exact) mass is 655 g/mol. The summed E-state index contributed by atoms with van der Waals surface area (Å²) in [5.41, 5.74) is 0.188. The number of hydrogen-bond donors (Lipinski definition) is 2. The number of aromatic hydroxyl groups is 2. The first-order chi connectivity index (χ1) is 17.6. The third-order valence-electron chi connectivity index (χ3n) is 6.79. The minimum absolute atomic E-state index is 0. The Morgan fingerprint density at radius 2 is 1.07 bits per heavy atom. The van der Waals surface area contributed by atoms with E-state index in [4.69, 9.17) is 0 Å². The fourth-order valence-corrected chi connectivity index (χ4v) is 4.62. The molecule has 0 aliphatic heterocycles. The van der Waals surface area contributed by atoms with Crippen molar-refractivity contribution in [2.45, 2.75) is 90.1 Å². The molecule has 2 aromatic rings. The van der Waals surface area contributed by atoms with Crippen LogP contribution in [0.1, 0.15) is 89.5 Å². The van der Waals surface area contributed by atoms with E-state index in [1.54, 1.807) is 0 Å². The molecule has 218 valence electrons. The Labute approximate surface area is 255 Å². The van der Waals surface area contributed by atoms with Crippen LogP contribution in [0, 0.1) is 20.2 Å². The van der Waals surface area contributed by atoms with E-state index in [-0.39, 0.29) is 80.4 Å². The second-order valence-electron chi connectivity index (χ2n) is 11.9. The molecule has 0 aromatic heterocycles. The minimum atomic E-state index is -0.511. The first-order valence-electron chi connectivity index (χ1n) is 12.7. The Bertz CT molecular complexity index is 1200. The number of halogens is 1. The van der Waals surface area contributed by atoms with Gasteiger partial charge in [0.25, 0.3) is 11.4 Å². The molecule has 1 fully saturated rings. The number of rotatable bonds is 6. The van der Waals surface area contributed by atoms with Gasteiger partial charge >= 0.3 is 0 Å². The van der Waals surface area contributed by atoms with Crippen LogP contribution in [0.25, 0.3) is 0 Å². The zero-order valence-corrected chi connectivity index (χ0v) is 26.4. The largest absolute Gasteiger partial charge is 1.00 e. The summed E-state index contributed by atoms with van der Waals surface area (Å²) in [6.07, 6.45) is 6.26. The predicted octanol–water partition coefficient (Wildman–Crippen LogP) is 3.36. The van der Waals surface area contributed by atoms with Gasteiger partial charge < -0.3 is 27.2 Å². The van der Waals surface area contributed by atoms with E-state index in [2.05, 4.69) is 9.98 Å². The van der Waals surface area contributed by atoms with Crippen LogP contribution in [0.5, 0.6) is 11.5 Å². The summed E-state index contributed by atoms with van der Waals surface area (Å²) in [5, 5.41) is 44.7. The van der Waals surface area contributed by atoms with Gasteiger partial charge in [-0.1, -0.05) is 54.4 Å². The van der Waals surface area contributed by atoms with Crippen molar-refractivity contribution in [3.8, 4) is 11.5 Å². The number of phenols is 2. The molecule has 0 bridgehead atoms. The average Bonchev–Trinajstić information content (AvgIpc) is 2.81. The molecule has 2 N–H and O–H groups in total. The van der Waals surface area contributed by atoms with Gasteiger partial charge in [-0.25, -0.2) is 0 Å². The van der Waals surface area contributed by atoms with Crippen LogP contribution < -0.4 is 17.0 Å². The van der Waals surface area contributed by atoms with E-state index in [1.807, 2.05) is 41.5 Å². The maximum absolute atomic E-state index is 11.5. The van der Waals surface area contributed by atoms with Crippen molar-refractivity contribution < 1.29 is 54.4 Å². The molecular weight excluding hydrogens is 620 g/mol. The first-order valence-corrected chi connectivity index (χ1v) is 12.7. The predicted molar refractivity (Wildman–Crippen MR) is 148 cm³/mol. The third-order valence-corrected chi connectivity index (χ3v) is 6.79. The summed E-state index contributed by atoms with van der Waals surface area (Å²) in [7, 11) is 0. The maximum atomic E-state index is 11.5. The van der Waals surface area contributed by atoms with Crippen LogP contribution >= 0.6 is 0 Å². The van der Waals surface area contributed by atoms with Gasteiger partial charge in [-0.15, -0.1) is 0 Å². The van der Waals surface area contributed by atoms with Crippen molar-refractivity contribution in [1.29, 1.82) is 0 Å². The average molecular weight is 657 g/mol. The minimum Gasteiger partial charge on any atom is -1.00 e. The number of phenolic OH excluding ortho intramolecular Hbond substituents is 2. The summed E-state index contributed by atoms with van der Waals surface area (Å²) < 4.78 is 0. The van der Waals surface area contributed by atoms with Gasteiger partial charge in [-0.05, 0) is 23.7 Å². The van der Waals surface area contributed by atoms with Crippen molar-refractivity contribution in [2.75, 3.05) is 0 Å². The Kier molecular flexibility index (Phi) is 12.1. The fraction of sp³-hybridized carbons (Fsp3) is 0.500. The summed E-state index contributed by atoms with van der Waals surface area (Å²) in [4.78, 5) is 31.3. The molecule has 0 amide bonds. The second kappa shape index (κ2) is 13.7. The number of aliphatic imine (C=N–C) groups is 2. The van der Waals surface area contributed by atoms with E-state index >= 15 is 0 Å². The Morgan fingerprint density at radius 1 is 0.750 bits per heavy atom. The van der Waals surface area contributed by atoms with Crippen molar-refractivity contribution in [3.05, 3.63) is 66.7 Å². The molecule has 10 nitrogen and oxygen atoms in total. The normalized spacial score (nSPS) is 17.9. The smallest absolute Gasteiger partial charge is 0.270 e. The van der Waals surface area contributed by atoms with Gasteiger partial charge in [0.1, 0.15) is 11.5 Å². The molecule has 0 saturated heterocycles. The Morgan fingerprint density at radius 3 is 1.35 bits per heavy atom. The van der Waals surface area contributed by atoms with Crippen molar-refractivity contribution in [2.24, 2.45) is 9.98 Å². The van der Waals surface area contributed by atoms with Gasteiger partial charge in [0.05, 0.1) is 21.9 Å². The number of nitro groups is 2. The molecule has 0 unspecified atom stereocenters. The molecule has 12 heteroatoms. The SMILES string of the molecule is CC(C)(C)c1cc([N+](=O)[O-])cc(C=N[C@@H]2CCCC[C@H]2N=Cc2cc([N+](=O)[O-])cc(C(C)(C)C)c2O)c1O.[Br-].[Cr]. The number of hydrogen-bond acceptors (Lipinski definition) is 8. The van der Waals surface area contributed by atoms with Gasteiger partial charge in [-0.3, -0.25) is 30.2 Å². The van der Waals surface area contributed by atoms with Crippen LogP contribution in [0.3, 0.4) is 0 Å². The third kappa shape index (κ3) is 8.35. The van der Waals surface area contributed by atoms with Crippen LogP contribution in [-0.2, 0) is 28.2 Å². The number of nitrogens with zero attached hydrogens (tertiary/aromatic N) is 4. The zero-order chi connectivity index (χ0) is 28.4. The van der Waals surface area contributed by atoms with E-state index in [0.717, 1.165) is 25.7 Å². The first kappa shape index (κ1) is 35.2. The second-order valence-corrected chi connectivity index (χ2v) is 11.9. The fourth-order valence-electron chi connectivity index (χ4n) is 4.62.